The van der Waals surface area contributed by atoms with E-state index < -0.39 is 5.97 Å². The quantitative estimate of drug-likeness (QED) is 0.822. The predicted octanol–water partition coefficient (Wildman–Crippen LogP) is 2.77. The number of carboxylic acid groups (broad SMARTS) is 1. The van der Waals surface area contributed by atoms with Crippen LogP contribution in [-0.4, -0.2) is 22.6 Å². The number of hydrogen-bond acceptors (Lipinski definition) is 3. The Labute approximate surface area is 101 Å². The van der Waals surface area contributed by atoms with Gasteiger partial charge >= 0.3 is 5.97 Å². The molecule has 0 spiro atoms. The van der Waals surface area contributed by atoms with E-state index in [0.29, 0.717) is 5.69 Å². The van der Waals surface area contributed by atoms with Gasteiger partial charge in [0.05, 0.1) is 5.69 Å². The molecule has 17 heavy (non-hydrogen) atoms. The molecule has 1 heterocycles. The van der Waals surface area contributed by atoms with Crippen molar-refractivity contribution in [3.63, 3.8) is 0 Å². The molecule has 0 amide bonds. The second kappa shape index (κ2) is 5.66. The first-order valence-electron chi connectivity index (χ1n) is 6.19. The van der Waals surface area contributed by atoms with E-state index in [1.54, 1.807) is 12.1 Å². The Bertz CT molecular complexity index is 387. The van der Waals surface area contributed by atoms with Crippen LogP contribution in [0.2, 0.25) is 0 Å². The summed E-state index contributed by atoms with van der Waals surface area (Å²) in [6.45, 7) is 0.830. The molecule has 0 bridgehead atoms. The van der Waals surface area contributed by atoms with Crippen LogP contribution < -0.4 is 5.32 Å². The topological polar surface area (TPSA) is 62.2 Å². The summed E-state index contributed by atoms with van der Waals surface area (Å²) in [7, 11) is 0. The minimum absolute atomic E-state index is 0.110. The van der Waals surface area contributed by atoms with Crippen molar-refractivity contribution in [3.8, 4) is 0 Å². The maximum Gasteiger partial charge on any atom is 0.356 e. The molecule has 0 unspecified atom stereocenters. The van der Waals surface area contributed by atoms with Gasteiger partial charge in [0, 0.05) is 12.7 Å². The van der Waals surface area contributed by atoms with Crippen LogP contribution in [0.25, 0.3) is 0 Å². The van der Waals surface area contributed by atoms with Crippen molar-refractivity contribution in [2.75, 3.05) is 11.9 Å². The number of nitrogens with zero attached hydrogens (tertiary/aromatic N) is 1. The lowest BCUT2D eigenvalue weighted by molar-refractivity contribution is 0.0691. The standard InChI is InChI=1S/C13H18N2O2/c16-13(17)12-11(6-3-8-15-12)14-9-7-10-4-1-2-5-10/h3,6,8,10,14H,1-2,4-5,7,9H2,(H,16,17). The Morgan fingerprint density at radius 1 is 1.47 bits per heavy atom. The Morgan fingerprint density at radius 3 is 2.94 bits per heavy atom. The van der Waals surface area contributed by atoms with Crippen LogP contribution in [0.1, 0.15) is 42.6 Å². The van der Waals surface area contributed by atoms with Crippen molar-refractivity contribution in [1.29, 1.82) is 0 Å². The van der Waals surface area contributed by atoms with Gasteiger partial charge < -0.3 is 10.4 Å². The van der Waals surface area contributed by atoms with Crippen LogP contribution >= 0.6 is 0 Å². The summed E-state index contributed by atoms with van der Waals surface area (Å²) in [5.41, 5.74) is 0.733. The van der Waals surface area contributed by atoms with Gasteiger partial charge in [-0.05, 0) is 24.5 Å². The molecular formula is C13H18N2O2. The molecule has 0 aromatic carbocycles. The number of hydrogen-bond donors (Lipinski definition) is 2. The van der Waals surface area contributed by atoms with Gasteiger partial charge in [0.15, 0.2) is 5.69 Å². The maximum atomic E-state index is 10.9. The lowest BCUT2D eigenvalue weighted by Crippen LogP contribution is -2.11. The number of carbonyl (C=O) groups is 1. The van der Waals surface area contributed by atoms with Crippen LogP contribution in [-0.2, 0) is 0 Å². The van der Waals surface area contributed by atoms with E-state index in [-0.39, 0.29) is 5.69 Å². The van der Waals surface area contributed by atoms with Crippen molar-refractivity contribution in [2.45, 2.75) is 32.1 Å². The molecule has 1 aromatic heterocycles. The Balaban J connectivity index is 1.87. The minimum atomic E-state index is -0.978. The first kappa shape index (κ1) is 11.9. The average Bonchev–Trinajstić information content (AvgIpc) is 2.82. The number of aromatic carboxylic acids is 1. The largest absolute Gasteiger partial charge is 0.476 e. The third-order valence-electron chi connectivity index (χ3n) is 3.35. The van der Waals surface area contributed by atoms with Gasteiger partial charge in [0.2, 0.25) is 0 Å². The van der Waals surface area contributed by atoms with E-state index >= 15 is 0 Å². The smallest absolute Gasteiger partial charge is 0.356 e. The Morgan fingerprint density at radius 2 is 2.24 bits per heavy atom. The number of pyridine rings is 1. The summed E-state index contributed by atoms with van der Waals surface area (Å²) in [4.78, 5) is 14.8. The number of aromatic nitrogens is 1. The third-order valence-corrected chi connectivity index (χ3v) is 3.35. The predicted molar refractivity (Wildman–Crippen MR) is 66.3 cm³/mol. The van der Waals surface area contributed by atoms with Crippen LogP contribution in [0, 0.1) is 5.92 Å². The zero-order chi connectivity index (χ0) is 12.1. The van der Waals surface area contributed by atoms with Crippen LogP contribution in [0.5, 0.6) is 0 Å². The molecular weight excluding hydrogens is 216 g/mol. The van der Waals surface area contributed by atoms with Crippen molar-refractivity contribution in [3.05, 3.63) is 24.0 Å². The zero-order valence-corrected chi connectivity index (χ0v) is 9.85. The van der Waals surface area contributed by atoms with Gasteiger partial charge in [-0.15, -0.1) is 0 Å². The summed E-state index contributed by atoms with van der Waals surface area (Å²) in [5.74, 6) is -0.165. The van der Waals surface area contributed by atoms with E-state index in [9.17, 15) is 4.79 Å². The fraction of sp³-hybridized carbons (Fsp3) is 0.538. The second-order valence-corrected chi connectivity index (χ2v) is 4.57. The van der Waals surface area contributed by atoms with Gasteiger partial charge in [-0.2, -0.15) is 0 Å². The average molecular weight is 234 g/mol. The Kier molecular flexibility index (Phi) is 3.96. The first-order chi connectivity index (χ1) is 8.27. The third kappa shape index (κ3) is 3.19. The summed E-state index contributed by atoms with van der Waals surface area (Å²) in [5, 5.41) is 12.2. The monoisotopic (exact) mass is 234 g/mol. The second-order valence-electron chi connectivity index (χ2n) is 4.57. The van der Waals surface area contributed by atoms with E-state index in [0.717, 1.165) is 18.9 Å². The van der Waals surface area contributed by atoms with Crippen LogP contribution in [0.4, 0.5) is 5.69 Å². The van der Waals surface area contributed by atoms with Crippen LogP contribution in [0.15, 0.2) is 18.3 Å². The summed E-state index contributed by atoms with van der Waals surface area (Å²) in [6.07, 6.45) is 7.95. The minimum Gasteiger partial charge on any atom is -0.476 e. The zero-order valence-electron chi connectivity index (χ0n) is 9.85. The highest BCUT2D eigenvalue weighted by Crippen LogP contribution is 2.27. The molecule has 2 rings (SSSR count). The van der Waals surface area contributed by atoms with E-state index in [1.165, 1.54) is 31.9 Å². The molecule has 0 aliphatic heterocycles. The lowest BCUT2D eigenvalue weighted by atomic mass is 10.0. The number of nitrogens with one attached hydrogen (secondary N) is 1. The fourth-order valence-electron chi connectivity index (χ4n) is 2.43. The van der Waals surface area contributed by atoms with Crippen molar-refractivity contribution >= 4 is 11.7 Å². The fourth-order valence-corrected chi connectivity index (χ4v) is 2.43. The highest BCUT2D eigenvalue weighted by Gasteiger charge is 2.15. The number of anilines is 1. The normalized spacial score (nSPS) is 16.0. The van der Waals surface area contributed by atoms with Gasteiger partial charge in [-0.3, -0.25) is 0 Å². The highest BCUT2D eigenvalue weighted by atomic mass is 16.4. The summed E-state index contributed by atoms with van der Waals surface area (Å²) >= 11 is 0. The van der Waals surface area contributed by atoms with E-state index in [4.69, 9.17) is 5.11 Å². The molecule has 1 fully saturated rings. The molecule has 4 nitrogen and oxygen atoms in total. The van der Waals surface area contributed by atoms with Crippen molar-refractivity contribution in [2.24, 2.45) is 5.92 Å². The van der Waals surface area contributed by atoms with Gasteiger partial charge in [0.25, 0.3) is 0 Å². The molecule has 0 saturated heterocycles. The van der Waals surface area contributed by atoms with Crippen molar-refractivity contribution < 1.29 is 9.90 Å². The summed E-state index contributed by atoms with van der Waals surface area (Å²) in [6, 6.07) is 3.52. The van der Waals surface area contributed by atoms with E-state index in [1.807, 2.05) is 0 Å². The highest BCUT2D eigenvalue weighted by molar-refractivity contribution is 5.91. The van der Waals surface area contributed by atoms with Crippen LogP contribution in [0.3, 0.4) is 0 Å². The van der Waals surface area contributed by atoms with Crippen molar-refractivity contribution in [1.82, 2.24) is 4.98 Å². The maximum absolute atomic E-state index is 10.9. The molecule has 1 aromatic rings. The summed E-state index contributed by atoms with van der Waals surface area (Å²) < 4.78 is 0. The molecule has 2 N–H and O–H groups in total. The Hall–Kier alpha value is -1.58. The van der Waals surface area contributed by atoms with Gasteiger partial charge in [-0.1, -0.05) is 25.7 Å². The SMILES string of the molecule is O=C(O)c1ncccc1NCCC1CCCC1. The molecule has 1 aliphatic carbocycles. The molecule has 1 saturated carbocycles. The molecule has 0 radical (unpaired) electrons. The number of rotatable bonds is 5. The van der Waals surface area contributed by atoms with Gasteiger partial charge in [0.1, 0.15) is 0 Å². The van der Waals surface area contributed by atoms with Gasteiger partial charge in [-0.25, -0.2) is 9.78 Å². The molecule has 92 valence electrons. The lowest BCUT2D eigenvalue weighted by Gasteiger charge is -2.11. The number of carboxylic acids is 1. The molecule has 1 aliphatic rings. The first-order valence-corrected chi connectivity index (χ1v) is 6.19. The molecule has 0 atom stereocenters. The van der Waals surface area contributed by atoms with E-state index in [2.05, 4.69) is 10.3 Å². The molecule has 4 heteroatoms.